The van der Waals surface area contributed by atoms with Gasteiger partial charge in [0.05, 0.1) is 5.69 Å². The molecule has 0 atom stereocenters. The SMILES string of the molecule is CNC(=O)c1cccc(CNC(=O)c2c(C)ccn(-c3cccc4c3CCC4)c2=O)c1. The molecule has 0 bridgehead atoms. The largest absolute Gasteiger partial charge is 0.355 e. The van der Waals surface area contributed by atoms with Crippen LogP contribution in [-0.4, -0.2) is 23.4 Å². The Morgan fingerprint density at radius 3 is 2.65 bits per heavy atom. The fourth-order valence-corrected chi connectivity index (χ4v) is 4.16. The predicted molar refractivity (Wildman–Crippen MR) is 120 cm³/mol. The van der Waals surface area contributed by atoms with Gasteiger partial charge < -0.3 is 10.6 Å². The molecule has 0 aliphatic heterocycles. The van der Waals surface area contributed by atoms with Gasteiger partial charge in [0.25, 0.3) is 17.4 Å². The number of pyridine rings is 1. The minimum absolute atomic E-state index is 0.139. The van der Waals surface area contributed by atoms with Crippen LogP contribution >= 0.6 is 0 Å². The Bertz CT molecular complexity index is 1230. The maximum absolute atomic E-state index is 13.3. The molecule has 1 aliphatic carbocycles. The molecule has 6 heteroatoms. The minimum Gasteiger partial charge on any atom is -0.355 e. The molecule has 0 spiro atoms. The van der Waals surface area contributed by atoms with Gasteiger partial charge >= 0.3 is 0 Å². The maximum Gasteiger partial charge on any atom is 0.268 e. The number of nitrogens with one attached hydrogen (secondary N) is 2. The summed E-state index contributed by atoms with van der Waals surface area (Å²) in [6, 6.07) is 14.8. The van der Waals surface area contributed by atoms with Crippen LogP contribution in [-0.2, 0) is 19.4 Å². The van der Waals surface area contributed by atoms with Crippen molar-refractivity contribution in [3.8, 4) is 5.69 Å². The van der Waals surface area contributed by atoms with E-state index in [0.717, 1.165) is 30.5 Å². The van der Waals surface area contributed by atoms with E-state index in [-0.39, 0.29) is 23.6 Å². The summed E-state index contributed by atoms with van der Waals surface area (Å²) < 4.78 is 1.58. The molecular formula is C25H25N3O3. The number of amides is 2. The molecule has 4 rings (SSSR count). The predicted octanol–water partition coefficient (Wildman–Crippen LogP) is 2.92. The Kier molecular flexibility index (Phi) is 5.71. The summed E-state index contributed by atoms with van der Waals surface area (Å²) in [5.74, 6) is -0.611. The number of carbonyl (C=O) groups is 2. The highest BCUT2D eigenvalue weighted by molar-refractivity contribution is 5.95. The second-order valence-electron chi connectivity index (χ2n) is 7.78. The molecule has 158 valence electrons. The molecule has 0 saturated carbocycles. The van der Waals surface area contributed by atoms with E-state index in [1.54, 1.807) is 49.0 Å². The van der Waals surface area contributed by atoms with Crippen molar-refractivity contribution >= 4 is 11.8 Å². The monoisotopic (exact) mass is 415 g/mol. The molecule has 1 aromatic heterocycles. The van der Waals surface area contributed by atoms with Gasteiger partial charge in [0, 0.05) is 25.4 Å². The lowest BCUT2D eigenvalue weighted by Crippen LogP contribution is -2.33. The second kappa shape index (κ2) is 8.60. The summed E-state index contributed by atoms with van der Waals surface area (Å²) in [5.41, 5.74) is 5.06. The van der Waals surface area contributed by atoms with Gasteiger partial charge in [-0.05, 0) is 72.7 Å². The van der Waals surface area contributed by atoms with Crippen molar-refractivity contribution in [2.24, 2.45) is 0 Å². The quantitative estimate of drug-likeness (QED) is 0.672. The van der Waals surface area contributed by atoms with Crippen molar-refractivity contribution < 1.29 is 9.59 Å². The number of nitrogens with zero attached hydrogens (tertiary/aromatic N) is 1. The lowest BCUT2D eigenvalue weighted by atomic mass is 10.1. The summed E-state index contributed by atoms with van der Waals surface area (Å²) in [6.07, 6.45) is 4.78. The van der Waals surface area contributed by atoms with E-state index in [1.807, 2.05) is 18.2 Å². The maximum atomic E-state index is 13.3. The van der Waals surface area contributed by atoms with Crippen LogP contribution in [0.5, 0.6) is 0 Å². The zero-order valence-electron chi connectivity index (χ0n) is 17.7. The second-order valence-corrected chi connectivity index (χ2v) is 7.78. The third-order valence-corrected chi connectivity index (χ3v) is 5.78. The summed E-state index contributed by atoms with van der Waals surface area (Å²) >= 11 is 0. The van der Waals surface area contributed by atoms with E-state index >= 15 is 0 Å². The van der Waals surface area contributed by atoms with Crippen molar-refractivity contribution in [1.82, 2.24) is 15.2 Å². The van der Waals surface area contributed by atoms with E-state index in [9.17, 15) is 14.4 Å². The van der Waals surface area contributed by atoms with Crippen molar-refractivity contribution in [1.29, 1.82) is 0 Å². The molecule has 0 fully saturated rings. The van der Waals surface area contributed by atoms with Gasteiger partial charge in [0.1, 0.15) is 5.56 Å². The number of aryl methyl sites for hydroxylation is 2. The Morgan fingerprint density at radius 1 is 1.03 bits per heavy atom. The Morgan fingerprint density at radius 2 is 1.84 bits per heavy atom. The average Bonchev–Trinajstić information content (AvgIpc) is 3.27. The Balaban J connectivity index is 1.61. The van der Waals surface area contributed by atoms with Gasteiger partial charge in [-0.1, -0.05) is 24.3 Å². The summed E-state index contributed by atoms with van der Waals surface area (Å²) in [5, 5.41) is 5.41. The first-order valence-electron chi connectivity index (χ1n) is 10.4. The fraction of sp³-hybridized carbons (Fsp3) is 0.240. The smallest absolute Gasteiger partial charge is 0.268 e. The Hall–Kier alpha value is -3.67. The highest BCUT2D eigenvalue weighted by Crippen LogP contribution is 2.27. The van der Waals surface area contributed by atoms with Crippen LogP contribution in [0.25, 0.3) is 5.69 Å². The first kappa shape index (κ1) is 20.6. The molecule has 3 aromatic rings. The van der Waals surface area contributed by atoms with Crippen LogP contribution in [0, 0.1) is 6.92 Å². The molecule has 1 heterocycles. The first-order chi connectivity index (χ1) is 15.0. The lowest BCUT2D eigenvalue weighted by molar-refractivity contribution is 0.0946. The molecule has 6 nitrogen and oxygen atoms in total. The van der Waals surface area contributed by atoms with Crippen LogP contribution < -0.4 is 16.2 Å². The highest BCUT2D eigenvalue weighted by Gasteiger charge is 2.20. The van der Waals surface area contributed by atoms with Crippen molar-refractivity contribution in [2.75, 3.05) is 7.05 Å². The number of aromatic nitrogens is 1. The van der Waals surface area contributed by atoms with Crippen molar-refractivity contribution in [3.05, 3.63) is 98.5 Å². The van der Waals surface area contributed by atoms with Crippen LogP contribution in [0.15, 0.2) is 59.5 Å². The van der Waals surface area contributed by atoms with Gasteiger partial charge in [-0.3, -0.25) is 19.0 Å². The van der Waals surface area contributed by atoms with Gasteiger partial charge in [-0.2, -0.15) is 0 Å². The van der Waals surface area contributed by atoms with Crippen LogP contribution in [0.4, 0.5) is 0 Å². The number of hydrogen-bond donors (Lipinski definition) is 2. The topological polar surface area (TPSA) is 80.2 Å². The number of benzene rings is 2. The molecule has 0 unspecified atom stereocenters. The third-order valence-electron chi connectivity index (χ3n) is 5.78. The minimum atomic E-state index is -0.422. The lowest BCUT2D eigenvalue weighted by Gasteiger charge is -2.14. The van der Waals surface area contributed by atoms with E-state index in [4.69, 9.17) is 0 Å². The normalized spacial score (nSPS) is 12.3. The molecule has 2 N–H and O–H groups in total. The highest BCUT2D eigenvalue weighted by atomic mass is 16.2. The number of hydrogen-bond acceptors (Lipinski definition) is 3. The van der Waals surface area contributed by atoms with E-state index < -0.39 is 5.91 Å². The van der Waals surface area contributed by atoms with Gasteiger partial charge in [-0.25, -0.2) is 0 Å². The standard InChI is InChI=1S/C25H25N3O3/c1-16-12-13-28(21-11-5-8-18-7-4-10-20(18)21)25(31)22(16)24(30)27-15-17-6-3-9-19(14-17)23(29)26-2/h3,5-6,8-9,11-14H,4,7,10,15H2,1-2H3,(H,26,29)(H,27,30). The molecular weight excluding hydrogens is 390 g/mol. The number of fused-ring (bicyclic) bond motifs is 1. The number of carbonyl (C=O) groups excluding carboxylic acids is 2. The fourth-order valence-electron chi connectivity index (χ4n) is 4.16. The summed E-state index contributed by atoms with van der Waals surface area (Å²) in [6.45, 7) is 1.99. The van der Waals surface area contributed by atoms with E-state index in [2.05, 4.69) is 16.7 Å². The first-order valence-corrected chi connectivity index (χ1v) is 10.4. The zero-order chi connectivity index (χ0) is 22.0. The summed E-state index contributed by atoms with van der Waals surface area (Å²) in [7, 11) is 1.57. The molecule has 1 aliphatic rings. The zero-order valence-corrected chi connectivity index (χ0v) is 17.7. The molecule has 2 amide bonds. The molecule has 0 saturated heterocycles. The third kappa shape index (κ3) is 4.01. The number of rotatable bonds is 5. The van der Waals surface area contributed by atoms with E-state index in [0.29, 0.717) is 11.1 Å². The summed E-state index contributed by atoms with van der Waals surface area (Å²) in [4.78, 5) is 38.0. The van der Waals surface area contributed by atoms with Crippen molar-refractivity contribution in [3.63, 3.8) is 0 Å². The van der Waals surface area contributed by atoms with Gasteiger partial charge in [0.15, 0.2) is 0 Å². The Labute approximate surface area is 180 Å². The van der Waals surface area contributed by atoms with Gasteiger partial charge in [0.2, 0.25) is 0 Å². The average molecular weight is 415 g/mol. The van der Waals surface area contributed by atoms with Crippen molar-refractivity contribution in [2.45, 2.75) is 32.7 Å². The molecule has 2 aromatic carbocycles. The molecule has 31 heavy (non-hydrogen) atoms. The van der Waals surface area contributed by atoms with Crippen LogP contribution in [0.2, 0.25) is 0 Å². The van der Waals surface area contributed by atoms with Crippen LogP contribution in [0.3, 0.4) is 0 Å². The van der Waals surface area contributed by atoms with Gasteiger partial charge in [-0.15, -0.1) is 0 Å². The van der Waals surface area contributed by atoms with Crippen LogP contribution in [0.1, 0.15) is 49.4 Å². The van der Waals surface area contributed by atoms with E-state index in [1.165, 1.54) is 11.1 Å². The molecule has 0 radical (unpaired) electrons.